The van der Waals surface area contributed by atoms with Gasteiger partial charge in [-0.15, -0.1) is 11.3 Å². The van der Waals surface area contributed by atoms with Gasteiger partial charge in [0.1, 0.15) is 6.61 Å². The first-order chi connectivity index (χ1) is 8.63. The molecule has 0 aromatic carbocycles. The molecule has 0 aliphatic heterocycles. The Bertz CT molecular complexity index is 487. The number of thiophene rings is 1. The zero-order valence-corrected chi connectivity index (χ0v) is 10.3. The number of amides is 3. The van der Waals surface area contributed by atoms with Crippen LogP contribution in [0.1, 0.15) is 15.2 Å². The van der Waals surface area contributed by atoms with Crippen LogP contribution in [0.15, 0.2) is 11.4 Å². The van der Waals surface area contributed by atoms with E-state index >= 15 is 0 Å². The summed E-state index contributed by atoms with van der Waals surface area (Å²) in [4.78, 5) is 22.7. The molecule has 1 rings (SSSR count). The molecular weight excluding hydrogens is 254 g/mol. The van der Waals surface area contributed by atoms with Gasteiger partial charge in [0, 0.05) is 18.5 Å². The Kier molecular flexibility index (Phi) is 5.70. The first-order valence-corrected chi connectivity index (χ1v) is 6.01. The Morgan fingerprint density at radius 3 is 2.78 bits per heavy atom. The fourth-order valence-corrected chi connectivity index (χ4v) is 1.87. The van der Waals surface area contributed by atoms with E-state index in [2.05, 4.69) is 22.5 Å². The van der Waals surface area contributed by atoms with Crippen molar-refractivity contribution in [2.24, 2.45) is 5.73 Å². The number of urea groups is 1. The van der Waals surface area contributed by atoms with Crippen LogP contribution in [-0.4, -0.2) is 36.7 Å². The molecule has 0 radical (unpaired) electrons. The number of carbonyl (C=O) groups is 2. The molecule has 0 unspecified atom stereocenters. The first-order valence-electron chi connectivity index (χ1n) is 5.13. The van der Waals surface area contributed by atoms with Gasteiger partial charge in [0.05, 0.1) is 10.4 Å². The van der Waals surface area contributed by atoms with Crippen LogP contribution in [0.2, 0.25) is 0 Å². The third kappa shape index (κ3) is 4.86. The van der Waals surface area contributed by atoms with Crippen LogP contribution in [0.5, 0.6) is 0 Å². The zero-order chi connectivity index (χ0) is 13.4. The van der Waals surface area contributed by atoms with Crippen LogP contribution < -0.4 is 16.4 Å². The third-order valence-electron chi connectivity index (χ3n) is 1.86. The highest BCUT2D eigenvalue weighted by atomic mass is 32.1. The Morgan fingerprint density at radius 1 is 1.39 bits per heavy atom. The molecule has 6 nitrogen and oxygen atoms in total. The lowest BCUT2D eigenvalue weighted by atomic mass is 10.3. The number of nitrogens with one attached hydrogen (secondary N) is 2. The van der Waals surface area contributed by atoms with E-state index in [9.17, 15) is 9.59 Å². The number of aliphatic hydroxyl groups is 1. The number of hydrogen-bond donors (Lipinski definition) is 4. The van der Waals surface area contributed by atoms with Crippen molar-refractivity contribution in [1.82, 2.24) is 10.6 Å². The Labute approximate surface area is 108 Å². The molecule has 0 saturated heterocycles. The van der Waals surface area contributed by atoms with Crippen LogP contribution in [0.3, 0.4) is 0 Å². The normalized spacial score (nSPS) is 9.17. The highest BCUT2D eigenvalue weighted by molar-refractivity contribution is 7.10. The Morgan fingerprint density at radius 2 is 2.11 bits per heavy atom. The fourth-order valence-electron chi connectivity index (χ4n) is 1.11. The van der Waals surface area contributed by atoms with Gasteiger partial charge in [0.15, 0.2) is 0 Å². The molecule has 0 atom stereocenters. The van der Waals surface area contributed by atoms with Gasteiger partial charge in [-0.25, -0.2) is 4.79 Å². The van der Waals surface area contributed by atoms with Crippen molar-refractivity contribution in [3.8, 4) is 11.8 Å². The minimum atomic E-state index is -0.624. The maximum atomic E-state index is 11.6. The lowest BCUT2D eigenvalue weighted by Gasteiger charge is -2.03. The van der Waals surface area contributed by atoms with Crippen molar-refractivity contribution in [3.05, 3.63) is 21.9 Å². The van der Waals surface area contributed by atoms with E-state index in [-0.39, 0.29) is 19.1 Å². The van der Waals surface area contributed by atoms with Crippen molar-refractivity contribution in [1.29, 1.82) is 0 Å². The van der Waals surface area contributed by atoms with E-state index in [1.165, 1.54) is 11.3 Å². The maximum Gasteiger partial charge on any atom is 0.312 e. The van der Waals surface area contributed by atoms with Gasteiger partial charge in [0.2, 0.25) is 0 Å². The molecular formula is C11H13N3O3S. The monoisotopic (exact) mass is 267 g/mol. The lowest BCUT2D eigenvalue weighted by Crippen LogP contribution is -2.37. The highest BCUT2D eigenvalue weighted by Crippen LogP contribution is 2.13. The molecule has 96 valence electrons. The molecule has 5 N–H and O–H groups in total. The fraction of sp³-hybridized carbons (Fsp3) is 0.273. The predicted octanol–water partition coefficient (Wildman–Crippen LogP) is -0.510. The topological polar surface area (TPSA) is 104 Å². The van der Waals surface area contributed by atoms with Crippen LogP contribution >= 0.6 is 11.3 Å². The summed E-state index contributed by atoms with van der Waals surface area (Å²) in [6.07, 6.45) is 0. The van der Waals surface area contributed by atoms with E-state index in [1.807, 2.05) is 0 Å². The van der Waals surface area contributed by atoms with Crippen LogP contribution in [0, 0.1) is 11.8 Å². The lowest BCUT2D eigenvalue weighted by molar-refractivity contribution is 0.0954. The van der Waals surface area contributed by atoms with Crippen LogP contribution in [0.4, 0.5) is 4.79 Å². The second-order valence-corrected chi connectivity index (χ2v) is 4.12. The second-order valence-electron chi connectivity index (χ2n) is 3.21. The smallest absolute Gasteiger partial charge is 0.312 e. The van der Waals surface area contributed by atoms with E-state index in [4.69, 9.17) is 10.8 Å². The SMILES string of the molecule is NC(=O)NCCNC(=O)c1csc(C#CCO)c1. The van der Waals surface area contributed by atoms with Crippen LogP contribution in [-0.2, 0) is 0 Å². The number of rotatable bonds is 4. The largest absolute Gasteiger partial charge is 0.384 e. The molecule has 0 spiro atoms. The van der Waals surface area contributed by atoms with Crippen molar-refractivity contribution in [2.75, 3.05) is 19.7 Å². The predicted molar refractivity (Wildman–Crippen MR) is 68.2 cm³/mol. The summed E-state index contributed by atoms with van der Waals surface area (Å²) in [5.41, 5.74) is 5.37. The van der Waals surface area contributed by atoms with Gasteiger partial charge >= 0.3 is 6.03 Å². The van der Waals surface area contributed by atoms with Crippen molar-refractivity contribution in [3.63, 3.8) is 0 Å². The highest BCUT2D eigenvalue weighted by Gasteiger charge is 2.07. The Hall–Kier alpha value is -2.04. The summed E-state index contributed by atoms with van der Waals surface area (Å²) in [5, 5.41) is 15.2. The molecule has 0 saturated carbocycles. The molecule has 1 aromatic heterocycles. The Balaban J connectivity index is 2.42. The third-order valence-corrected chi connectivity index (χ3v) is 2.71. The number of nitrogens with two attached hydrogens (primary N) is 1. The second kappa shape index (κ2) is 7.32. The standard InChI is InChI=1S/C11H13N3O3S/c12-11(17)14-4-3-13-10(16)8-6-9(18-7-8)2-1-5-15/h6-7,15H,3-5H2,(H,13,16)(H3,12,14,17). The molecule has 1 heterocycles. The van der Waals surface area contributed by atoms with E-state index < -0.39 is 6.03 Å². The molecule has 1 aromatic rings. The summed E-state index contributed by atoms with van der Waals surface area (Å²) < 4.78 is 0. The van der Waals surface area contributed by atoms with E-state index in [0.29, 0.717) is 17.0 Å². The van der Waals surface area contributed by atoms with Gasteiger partial charge < -0.3 is 21.5 Å². The minimum absolute atomic E-state index is 0.210. The minimum Gasteiger partial charge on any atom is -0.384 e. The number of carbonyl (C=O) groups excluding carboxylic acids is 2. The number of hydrogen-bond acceptors (Lipinski definition) is 4. The molecule has 0 aliphatic rings. The number of aliphatic hydroxyl groups excluding tert-OH is 1. The maximum absolute atomic E-state index is 11.6. The van der Waals surface area contributed by atoms with Gasteiger partial charge in [0.25, 0.3) is 5.91 Å². The van der Waals surface area contributed by atoms with Crippen molar-refractivity contribution in [2.45, 2.75) is 0 Å². The number of primary amides is 1. The quantitative estimate of drug-likeness (QED) is 0.436. The molecule has 3 amide bonds. The van der Waals surface area contributed by atoms with E-state index in [0.717, 1.165) is 0 Å². The van der Waals surface area contributed by atoms with Gasteiger partial charge in [-0.3, -0.25) is 4.79 Å². The summed E-state index contributed by atoms with van der Waals surface area (Å²) >= 11 is 1.33. The average Bonchev–Trinajstić information content (AvgIpc) is 2.80. The van der Waals surface area contributed by atoms with Crippen LogP contribution in [0.25, 0.3) is 0 Å². The molecule has 7 heteroatoms. The summed E-state index contributed by atoms with van der Waals surface area (Å²) in [5.74, 6) is 4.98. The zero-order valence-electron chi connectivity index (χ0n) is 9.53. The summed E-state index contributed by atoms with van der Waals surface area (Å²) in [6, 6.07) is 1.02. The summed E-state index contributed by atoms with van der Waals surface area (Å²) in [6.45, 7) is 0.371. The van der Waals surface area contributed by atoms with Crippen molar-refractivity contribution < 1.29 is 14.7 Å². The van der Waals surface area contributed by atoms with Crippen molar-refractivity contribution >= 4 is 23.3 Å². The summed E-state index contributed by atoms with van der Waals surface area (Å²) in [7, 11) is 0. The molecule has 0 fully saturated rings. The van der Waals surface area contributed by atoms with Gasteiger partial charge in [-0.1, -0.05) is 11.8 Å². The van der Waals surface area contributed by atoms with E-state index in [1.54, 1.807) is 11.4 Å². The average molecular weight is 267 g/mol. The van der Waals surface area contributed by atoms with Gasteiger partial charge in [-0.2, -0.15) is 0 Å². The van der Waals surface area contributed by atoms with Gasteiger partial charge in [-0.05, 0) is 6.07 Å². The first kappa shape index (κ1) is 14.0. The molecule has 0 bridgehead atoms. The molecule has 18 heavy (non-hydrogen) atoms. The molecule has 0 aliphatic carbocycles.